The van der Waals surface area contributed by atoms with Crippen molar-refractivity contribution in [3.63, 3.8) is 0 Å². The predicted octanol–water partition coefficient (Wildman–Crippen LogP) is 2.41. The van der Waals surface area contributed by atoms with Crippen LogP contribution in [0.1, 0.15) is 25.0 Å². The Labute approximate surface area is 112 Å². The molecule has 1 aliphatic carbocycles. The highest BCUT2D eigenvalue weighted by atomic mass is 32.2. The van der Waals surface area contributed by atoms with E-state index < -0.39 is 0 Å². The van der Waals surface area contributed by atoms with Crippen molar-refractivity contribution in [3.8, 4) is 0 Å². The van der Waals surface area contributed by atoms with Crippen LogP contribution in [0.15, 0.2) is 18.3 Å². The van der Waals surface area contributed by atoms with Gasteiger partial charge in [0.2, 0.25) is 0 Å². The molecule has 0 aliphatic heterocycles. The monoisotopic (exact) mass is 267 g/mol. The Morgan fingerprint density at radius 3 is 2.94 bits per heavy atom. The largest absolute Gasteiger partial charge is 0.388 e. The summed E-state index contributed by atoms with van der Waals surface area (Å²) in [5.41, 5.74) is 7.29. The summed E-state index contributed by atoms with van der Waals surface area (Å²) in [5.74, 6) is 0. The van der Waals surface area contributed by atoms with Crippen molar-refractivity contribution in [2.75, 3.05) is 18.1 Å². The van der Waals surface area contributed by atoms with Crippen molar-refractivity contribution in [3.05, 3.63) is 24.0 Å². The van der Waals surface area contributed by atoms with Crippen LogP contribution in [0.2, 0.25) is 0 Å². The normalized spacial score (nSPS) is 17.2. The number of pyridine rings is 1. The molecular formula is C12H17N3S2. The van der Waals surface area contributed by atoms with E-state index in [2.05, 4.69) is 16.6 Å². The second-order valence-electron chi connectivity index (χ2n) is 4.39. The molecule has 1 heterocycles. The molecular weight excluding hydrogens is 250 g/mol. The average molecular weight is 267 g/mol. The van der Waals surface area contributed by atoms with Gasteiger partial charge in [0.15, 0.2) is 0 Å². The quantitative estimate of drug-likeness (QED) is 0.802. The number of thioether (sulfide) groups is 1. The number of nitrogens with one attached hydrogen (secondary N) is 1. The predicted molar refractivity (Wildman–Crippen MR) is 78.7 cm³/mol. The van der Waals surface area contributed by atoms with Gasteiger partial charge in [0.05, 0.1) is 5.69 Å². The molecule has 0 spiro atoms. The molecule has 1 aromatic rings. The number of rotatable bonds is 5. The Bertz CT molecular complexity index is 410. The number of nitrogens with zero attached hydrogens (tertiary/aromatic N) is 1. The summed E-state index contributed by atoms with van der Waals surface area (Å²) >= 11 is 6.88. The van der Waals surface area contributed by atoms with Crippen LogP contribution in [0.4, 0.5) is 5.69 Å². The van der Waals surface area contributed by atoms with Crippen LogP contribution in [0, 0.1) is 0 Å². The summed E-state index contributed by atoms with van der Waals surface area (Å²) in [4.78, 5) is 4.47. The van der Waals surface area contributed by atoms with Gasteiger partial charge >= 0.3 is 0 Å². The summed E-state index contributed by atoms with van der Waals surface area (Å²) in [6.07, 6.45) is 7.87. The van der Waals surface area contributed by atoms with Crippen LogP contribution in [-0.4, -0.2) is 27.5 Å². The molecule has 0 amide bonds. The third-order valence-corrected chi connectivity index (χ3v) is 4.95. The van der Waals surface area contributed by atoms with Gasteiger partial charge in [-0.25, -0.2) is 0 Å². The first-order valence-corrected chi connectivity index (χ1v) is 7.33. The van der Waals surface area contributed by atoms with Gasteiger partial charge in [-0.2, -0.15) is 11.8 Å². The Balaban J connectivity index is 1.99. The zero-order valence-corrected chi connectivity index (χ0v) is 11.5. The van der Waals surface area contributed by atoms with E-state index in [-0.39, 0.29) is 0 Å². The van der Waals surface area contributed by atoms with E-state index >= 15 is 0 Å². The van der Waals surface area contributed by atoms with Gasteiger partial charge in [-0.3, -0.25) is 4.98 Å². The first-order valence-electron chi connectivity index (χ1n) is 5.70. The van der Waals surface area contributed by atoms with E-state index in [9.17, 15) is 0 Å². The SMILES string of the molecule is CSC1(CNc2ccnc(C(N)=S)c2)CCC1. The van der Waals surface area contributed by atoms with Crippen molar-refractivity contribution in [1.29, 1.82) is 0 Å². The van der Waals surface area contributed by atoms with Crippen LogP contribution in [0.25, 0.3) is 0 Å². The lowest BCUT2D eigenvalue weighted by Crippen LogP contribution is -2.40. The highest BCUT2D eigenvalue weighted by Crippen LogP contribution is 2.42. The summed E-state index contributed by atoms with van der Waals surface area (Å²) in [7, 11) is 0. The molecule has 17 heavy (non-hydrogen) atoms. The van der Waals surface area contributed by atoms with E-state index in [1.807, 2.05) is 23.9 Å². The van der Waals surface area contributed by atoms with Crippen molar-refractivity contribution in [1.82, 2.24) is 4.98 Å². The van der Waals surface area contributed by atoms with Gasteiger partial charge in [0.25, 0.3) is 0 Å². The van der Waals surface area contributed by atoms with Crippen molar-refractivity contribution in [2.24, 2.45) is 5.73 Å². The molecule has 0 aromatic carbocycles. The molecule has 0 bridgehead atoms. The minimum Gasteiger partial charge on any atom is -0.388 e. The molecule has 0 saturated heterocycles. The first kappa shape index (κ1) is 12.6. The van der Waals surface area contributed by atoms with Crippen molar-refractivity contribution >= 4 is 34.7 Å². The molecule has 0 radical (unpaired) electrons. The zero-order valence-electron chi connectivity index (χ0n) is 9.90. The maximum absolute atomic E-state index is 5.57. The average Bonchev–Trinajstić information content (AvgIpc) is 2.28. The van der Waals surface area contributed by atoms with Crippen molar-refractivity contribution < 1.29 is 0 Å². The lowest BCUT2D eigenvalue weighted by atomic mass is 9.84. The Kier molecular flexibility index (Phi) is 3.89. The van der Waals surface area contributed by atoms with Crippen LogP contribution < -0.4 is 11.1 Å². The lowest BCUT2D eigenvalue weighted by molar-refractivity contribution is 0.380. The van der Waals surface area contributed by atoms with E-state index in [1.165, 1.54) is 19.3 Å². The third kappa shape index (κ3) is 2.90. The molecule has 2 rings (SSSR count). The molecule has 1 fully saturated rings. The standard InChI is InChI=1S/C12H17N3S2/c1-17-12(4-2-5-12)8-15-9-3-6-14-10(7-9)11(13)16/h3,6-7H,2,4-5,8H2,1H3,(H2,13,16)(H,14,15). The first-order chi connectivity index (χ1) is 8.15. The Morgan fingerprint density at radius 2 is 2.41 bits per heavy atom. The zero-order chi connectivity index (χ0) is 12.3. The van der Waals surface area contributed by atoms with Crippen LogP contribution in [-0.2, 0) is 0 Å². The molecule has 1 aromatic heterocycles. The summed E-state index contributed by atoms with van der Waals surface area (Å²) in [6.45, 7) is 0.995. The van der Waals surface area contributed by atoms with Gasteiger partial charge < -0.3 is 11.1 Å². The molecule has 0 atom stereocenters. The van der Waals surface area contributed by atoms with Crippen molar-refractivity contribution in [2.45, 2.75) is 24.0 Å². The summed E-state index contributed by atoms with van der Waals surface area (Å²) < 4.78 is 0.423. The van der Waals surface area contributed by atoms with E-state index in [4.69, 9.17) is 18.0 Å². The van der Waals surface area contributed by atoms with Crippen LogP contribution in [0.5, 0.6) is 0 Å². The van der Waals surface area contributed by atoms with E-state index in [1.54, 1.807) is 6.20 Å². The molecule has 92 valence electrons. The minimum absolute atomic E-state index is 0.344. The molecule has 3 N–H and O–H groups in total. The molecule has 1 saturated carbocycles. The third-order valence-electron chi connectivity index (χ3n) is 3.32. The highest BCUT2D eigenvalue weighted by Gasteiger charge is 2.35. The number of nitrogens with two attached hydrogens (primary N) is 1. The fraction of sp³-hybridized carbons (Fsp3) is 0.500. The van der Waals surface area contributed by atoms with Crippen LogP contribution >= 0.6 is 24.0 Å². The second kappa shape index (κ2) is 5.23. The second-order valence-corrected chi connectivity index (χ2v) is 6.10. The Hall–Kier alpha value is -0.810. The molecule has 0 unspecified atom stereocenters. The fourth-order valence-corrected chi connectivity index (χ4v) is 2.99. The topological polar surface area (TPSA) is 50.9 Å². The molecule has 3 nitrogen and oxygen atoms in total. The number of hydrogen-bond donors (Lipinski definition) is 2. The Morgan fingerprint density at radius 1 is 1.65 bits per heavy atom. The number of anilines is 1. The summed E-state index contributed by atoms with van der Waals surface area (Å²) in [5, 5.41) is 3.46. The van der Waals surface area contributed by atoms with E-state index in [0.29, 0.717) is 15.4 Å². The van der Waals surface area contributed by atoms with E-state index in [0.717, 1.165) is 12.2 Å². The van der Waals surface area contributed by atoms with Gasteiger partial charge in [-0.1, -0.05) is 18.6 Å². The van der Waals surface area contributed by atoms with Gasteiger partial charge in [-0.05, 0) is 31.2 Å². The molecule has 5 heteroatoms. The van der Waals surface area contributed by atoms with Gasteiger partial charge in [0, 0.05) is 23.2 Å². The number of thiocarbonyl (C=S) groups is 1. The summed E-state index contributed by atoms with van der Waals surface area (Å²) in [6, 6.07) is 3.86. The van der Waals surface area contributed by atoms with Gasteiger partial charge in [-0.15, -0.1) is 0 Å². The number of aromatic nitrogens is 1. The minimum atomic E-state index is 0.344. The van der Waals surface area contributed by atoms with Gasteiger partial charge in [0.1, 0.15) is 4.99 Å². The number of hydrogen-bond acceptors (Lipinski definition) is 4. The van der Waals surface area contributed by atoms with Crippen LogP contribution in [0.3, 0.4) is 0 Å². The maximum atomic E-state index is 5.57. The molecule has 1 aliphatic rings. The highest BCUT2D eigenvalue weighted by molar-refractivity contribution is 8.00. The maximum Gasteiger partial charge on any atom is 0.122 e. The smallest absolute Gasteiger partial charge is 0.122 e. The lowest BCUT2D eigenvalue weighted by Gasteiger charge is -2.40. The fourth-order valence-electron chi connectivity index (χ4n) is 1.96.